The number of hydrogen-bond donors (Lipinski definition) is 1. The second-order valence-corrected chi connectivity index (χ2v) is 2.02. The Bertz CT molecular complexity index is 224. The van der Waals surface area contributed by atoms with Crippen LogP contribution in [0.1, 0.15) is 5.56 Å². The van der Waals surface area contributed by atoms with Crippen molar-refractivity contribution in [1.29, 1.82) is 0 Å². The van der Waals surface area contributed by atoms with Crippen LogP contribution in [0.2, 0.25) is 0 Å². The summed E-state index contributed by atoms with van der Waals surface area (Å²) in [4.78, 5) is 0. The van der Waals surface area contributed by atoms with Crippen LogP contribution in [-0.2, 0) is 0 Å². The predicted molar refractivity (Wildman–Crippen MR) is 42.4 cm³/mol. The SMILES string of the molecule is [CH2]C(=CO)c1ccccc1. The zero-order valence-electron chi connectivity index (χ0n) is 5.62. The first-order valence-electron chi connectivity index (χ1n) is 3.06. The highest BCUT2D eigenvalue weighted by molar-refractivity contribution is 5.66. The van der Waals surface area contributed by atoms with Gasteiger partial charge in [-0.1, -0.05) is 30.3 Å². The molecular formula is C9H9O. The van der Waals surface area contributed by atoms with Gasteiger partial charge in [-0.2, -0.15) is 0 Å². The topological polar surface area (TPSA) is 20.2 Å². The van der Waals surface area contributed by atoms with E-state index in [0.29, 0.717) is 5.57 Å². The first kappa shape index (κ1) is 6.87. The Hall–Kier alpha value is -1.24. The van der Waals surface area contributed by atoms with E-state index in [9.17, 15) is 0 Å². The van der Waals surface area contributed by atoms with E-state index in [1.165, 1.54) is 0 Å². The minimum atomic E-state index is 0.639. The third kappa shape index (κ3) is 1.38. The van der Waals surface area contributed by atoms with Gasteiger partial charge in [-0.25, -0.2) is 0 Å². The van der Waals surface area contributed by atoms with Crippen molar-refractivity contribution in [2.24, 2.45) is 0 Å². The molecule has 1 radical (unpaired) electrons. The summed E-state index contributed by atoms with van der Waals surface area (Å²) in [5, 5.41) is 8.56. The van der Waals surface area contributed by atoms with E-state index in [1.54, 1.807) is 0 Å². The summed E-state index contributed by atoms with van der Waals surface area (Å²) in [5.41, 5.74) is 1.59. The molecule has 0 aromatic heterocycles. The number of aliphatic hydroxyl groups excluding tert-OH is 1. The van der Waals surface area contributed by atoms with Crippen molar-refractivity contribution >= 4 is 5.57 Å². The van der Waals surface area contributed by atoms with Gasteiger partial charge in [0.05, 0.1) is 6.26 Å². The molecule has 0 unspecified atom stereocenters. The average molecular weight is 133 g/mol. The van der Waals surface area contributed by atoms with E-state index < -0.39 is 0 Å². The fourth-order valence-electron chi connectivity index (χ4n) is 0.727. The van der Waals surface area contributed by atoms with Gasteiger partial charge in [0.15, 0.2) is 0 Å². The zero-order chi connectivity index (χ0) is 7.40. The number of rotatable bonds is 1. The quantitative estimate of drug-likeness (QED) is 0.583. The fraction of sp³-hybridized carbons (Fsp3) is 0. The minimum Gasteiger partial charge on any atom is -0.515 e. The van der Waals surface area contributed by atoms with Crippen LogP contribution in [0.25, 0.3) is 5.57 Å². The van der Waals surface area contributed by atoms with Gasteiger partial charge < -0.3 is 5.11 Å². The molecule has 10 heavy (non-hydrogen) atoms. The summed E-state index contributed by atoms with van der Waals surface area (Å²) < 4.78 is 0. The van der Waals surface area contributed by atoms with Crippen LogP contribution in [0.4, 0.5) is 0 Å². The molecule has 0 fully saturated rings. The molecule has 1 aromatic carbocycles. The zero-order valence-corrected chi connectivity index (χ0v) is 5.62. The monoisotopic (exact) mass is 133 g/mol. The van der Waals surface area contributed by atoms with E-state index in [-0.39, 0.29) is 0 Å². The Morgan fingerprint density at radius 3 is 2.40 bits per heavy atom. The molecule has 0 bridgehead atoms. The van der Waals surface area contributed by atoms with Crippen molar-refractivity contribution in [3.63, 3.8) is 0 Å². The van der Waals surface area contributed by atoms with Crippen molar-refractivity contribution in [3.05, 3.63) is 49.1 Å². The van der Waals surface area contributed by atoms with Gasteiger partial charge in [-0.15, -0.1) is 0 Å². The third-order valence-corrected chi connectivity index (χ3v) is 1.30. The summed E-state index contributed by atoms with van der Waals surface area (Å²) in [6, 6.07) is 9.53. The van der Waals surface area contributed by atoms with Crippen molar-refractivity contribution in [2.45, 2.75) is 0 Å². The van der Waals surface area contributed by atoms with Crippen LogP contribution >= 0.6 is 0 Å². The number of aliphatic hydroxyl groups is 1. The first-order chi connectivity index (χ1) is 4.84. The lowest BCUT2D eigenvalue weighted by atomic mass is 10.1. The van der Waals surface area contributed by atoms with E-state index in [4.69, 9.17) is 5.11 Å². The van der Waals surface area contributed by atoms with Crippen LogP contribution in [-0.4, -0.2) is 5.11 Å². The average Bonchev–Trinajstić information content (AvgIpc) is 2.05. The Labute approximate surface area is 60.6 Å². The maximum atomic E-state index is 8.56. The predicted octanol–water partition coefficient (Wildman–Crippen LogP) is 2.42. The molecule has 0 saturated carbocycles. The van der Waals surface area contributed by atoms with E-state index >= 15 is 0 Å². The lowest BCUT2D eigenvalue weighted by molar-refractivity contribution is 0.476. The van der Waals surface area contributed by atoms with Crippen LogP contribution in [0.3, 0.4) is 0 Å². The first-order valence-corrected chi connectivity index (χ1v) is 3.06. The maximum absolute atomic E-state index is 8.56. The molecule has 1 rings (SSSR count). The van der Waals surface area contributed by atoms with E-state index in [1.807, 2.05) is 30.3 Å². The van der Waals surface area contributed by atoms with Gasteiger partial charge in [0.1, 0.15) is 0 Å². The molecule has 51 valence electrons. The largest absolute Gasteiger partial charge is 0.515 e. The van der Waals surface area contributed by atoms with Gasteiger partial charge in [0.25, 0.3) is 0 Å². The molecule has 0 spiro atoms. The van der Waals surface area contributed by atoms with Crippen molar-refractivity contribution in [3.8, 4) is 0 Å². The molecule has 0 aliphatic rings. The number of hydrogen-bond acceptors (Lipinski definition) is 1. The van der Waals surface area contributed by atoms with Gasteiger partial charge in [0, 0.05) is 0 Å². The third-order valence-electron chi connectivity index (χ3n) is 1.30. The van der Waals surface area contributed by atoms with Crippen molar-refractivity contribution in [2.75, 3.05) is 0 Å². The smallest absolute Gasteiger partial charge is 0.0829 e. The molecule has 0 heterocycles. The maximum Gasteiger partial charge on any atom is 0.0829 e. The lowest BCUT2D eigenvalue weighted by Crippen LogP contribution is -1.76. The Morgan fingerprint density at radius 2 is 1.90 bits per heavy atom. The van der Waals surface area contributed by atoms with Gasteiger partial charge in [0.2, 0.25) is 0 Å². The highest BCUT2D eigenvalue weighted by Gasteiger charge is 1.90. The summed E-state index contributed by atoms with van der Waals surface area (Å²) in [7, 11) is 0. The minimum absolute atomic E-state index is 0.639. The molecule has 1 heteroatoms. The van der Waals surface area contributed by atoms with Crippen LogP contribution in [0.15, 0.2) is 36.6 Å². The highest BCUT2D eigenvalue weighted by atomic mass is 16.2. The molecule has 0 saturated heterocycles. The Balaban J connectivity index is 2.96. The second kappa shape index (κ2) is 3.06. The van der Waals surface area contributed by atoms with Crippen LogP contribution in [0.5, 0.6) is 0 Å². The van der Waals surface area contributed by atoms with E-state index in [0.717, 1.165) is 11.8 Å². The molecule has 0 atom stereocenters. The number of benzene rings is 1. The summed E-state index contributed by atoms with van der Waals surface area (Å²) in [5.74, 6) is 0. The second-order valence-electron chi connectivity index (χ2n) is 2.02. The lowest BCUT2D eigenvalue weighted by Gasteiger charge is -1.95. The molecule has 0 aliphatic carbocycles. The number of allylic oxidation sites excluding steroid dienone is 1. The van der Waals surface area contributed by atoms with Crippen LogP contribution < -0.4 is 0 Å². The Morgan fingerprint density at radius 1 is 1.30 bits per heavy atom. The molecule has 0 aliphatic heterocycles. The molecule has 1 aromatic rings. The van der Waals surface area contributed by atoms with Gasteiger partial charge in [-0.05, 0) is 18.1 Å². The summed E-state index contributed by atoms with van der Waals surface area (Å²) >= 11 is 0. The molecule has 1 nitrogen and oxygen atoms in total. The van der Waals surface area contributed by atoms with Gasteiger partial charge >= 0.3 is 0 Å². The Kier molecular flexibility index (Phi) is 2.11. The molecule has 1 N–H and O–H groups in total. The fourth-order valence-corrected chi connectivity index (χ4v) is 0.727. The summed E-state index contributed by atoms with van der Waals surface area (Å²) in [6.07, 6.45) is 1.01. The van der Waals surface area contributed by atoms with Crippen molar-refractivity contribution in [1.82, 2.24) is 0 Å². The normalized spacial score (nSPS) is 11.5. The van der Waals surface area contributed by atoms with Crippen molar-refractivity contribution < 1.29 is 5.11 Å². The van der Waals surface area contributed by atoms with Crippen LogP contribution in [0, 0.1) is 6.92 Å². The highest BCUT2D eigenvalue weighted by Crippen LogP contribution is 2.10. The molecule has 0 amide bonds. The summed E-state index contributed by atoms with van der Waals surface area (Å²) in [6.45, 7) is 3.64. The standard InChI is InChI=1S/C9H9O/c1-8(7-10)9-5-3-2-4-6-9/h2-7,10H,1H2. The molecular weight excluding hydrogens is 124 g/mol. The van der Waals surface area contributed by atoms with E-state index in [2.05, 4.69) is 6.92 Å². The van der Waals surface area contributed by atoms with Gasteiger partial charge in [-0.3, -0.25) is 0 Å².